The van der Waals surface area contributed by atoms with Gasteiger partial charge in [0.05, 0.1) is 5.75 Å². The van der Waals surface area contributed by atoms with Gasteiger partial charge in [0.25, 0.3) is 0 Å². The number of hydrogen-bond donors (Lipinski definition) is 0. The van der Waals surface area contributed by atoms with E-state index >= 15 is 0 Å². The fourth-order valence-electron chi connectivity index (χ4n) is 1.10. The highest BCUT2D eigenvalue weighted by atomic mass is 32.2. The highest BCUT2D eigenvalue weighted by molar-refractivity contribution is 7.89. The number of sulfonamides is 1. The Labute approximate surface area is 82.2 Å². The predicted molar refractivity (Wildman–Crippen MR) is 56.2 cm³/mol. The molecule has 0 aliphatic heterocycles. The van der Waals surface area contributed by atoms with Crippen LogP contribution in [0.3, 0.4) is 0 Å². The summed E-state index contributed by atoms with van der Waals surface area (Å²) in [5.41, 5.74) is 0. The Kier molecular flexibility index (Phi) is 5.56. The lowest BCUT2D eigenvalue weighted by Gasteiger charge is -2.19. The zero-order valence-electron chi connectivity index (χ0n) is 9.08. The number of rotatable bonds is 6. The Morgan fingerprint density at radius 2 is 1.85 bits per heavy atom. The van der Waals surface area contributed by atoms with Gasteiger partial charge < -0.3 is 0 Å². The molecule has 13 heavy (non-hydrogen) atoms. The first-order valence-electron chi connectivity index (χ1n) is 4.88. The van der Waals surface area contributed by atoms with Gasteiger partial charge in [-0.1, -0.05) is 27.2 Å². The molecule has 0 fully saturated rings. The molecule has 0 radical (unpaired) electrons. The van der Waals surface area contributed by atoms with Crippen molar-refractivity contribution in [1.29, 1.82) is 0 Å². The summed E-state index contributed by atoms with van der Waals surface area (Å²) in [6.07, 6.45) is 1.71. The lowest BCUT2D eigenvalue weighted by atomic mass is 10.1. The largest absolute Gasteiger partial charge is 0.213 e. The molecular formula is C9H21NO2S. The van der Waals surface area contributed by atoms with E-state index in [1.807, 2.05) is 6.92 Å². The molecular weight excluding hydrogens is 186 g/mol. The molecule has 0 aromatic rings. The molecule has 0 aromatic heterocycles. The summed E-state index contributed by atoms with van der Waals surface area (Å²) in [5.74, 6) is 0.705. The minimum absolute atomic E-state index is 0.264. The van der Waals surface area contributed by atoms with Crippen LogP contribution in [-0.4, -0.2) is 32.1 Å². The summed E-state index contributed by atoms with van der Waals surface area (Å²) in [6.45, 7) is 6.66. The van der Waals surface area contributed by atoms with E-state index in [0.29, 0.717) is 18.9 Å². The van der Waals surface area contributed by atoms with Gasteiger partial charge in [-0.05, 0) is 12.3 Å². The third kappa shape index (κ3) is 4.62. The highest BCUT2D eigenvalue weighted by Gasteiger charge is 2.17. The molecule has 0 heterocycles. The molecule has 1 unspecified atom stereocenters. The Balaban J connectivity index is 4.17. The zero-order chi connectivity index (χ0) is 10.5. The molecule has 0 aliphatic rings. The fraction of sp³-hybridized carbons (Fsp3) is 1.00. The SMILES string of the molecule is CCCS(=O)(=O)N(C)CC(C)CC. The summed E-state index contributed by atoms with van der Waals surface area (Å²) in [6, 6.07) is 0. The van der Waals surface area contributed by atoms with Crippen molar-refractivity contribution in [1.82, 2.24) is 4.31 Å². The van der Waals surface area contributed by atoms with Gasteiger partial charge in [0.2, 0.25) is 10.0 Å². The maximum absolute atomic E-state index is 11.5. The number of hydrogen-bond acceptors (Lipinski definition) is 2. The van der Waals surface area contributed by atoms with Gasteiger partial charge >= 0.3 is 0 Å². The van der Waals surface area contributed by atoms with Gasteiger partial charge in [0.15, 0.2) is 0 Å². The third-order valence-corrected chi connectivity index (χ3v) is 4.23. The van der Waals surface area contributed by atoms with Crippen molar-refractivity contribution >= 4 is 10.0 Å². The van der Waals surface area contributed by atoms with E-state index in [9.17, 15) is 8.42 Å². The molecule has 0 saturated carbocycles. The molecule has 3 nitrogen and oxygen atoms in total. The van der Waals surface area contributed by atoms with Crippen molar-refractivity contribution in [2.24, 2.45) is 5.92 Å². The van der Waals surface area contributed by atoms with Crippen LogP contribution in [0.2, 0.25) is 0 Å². The molecule has 4 heteroatoms. The highest BCUT2D eigenvalue weighted by Crippen LogP contribution is 2.07. The van der Waals surface area contributed by atoms with E-state index in [4.69, 9.17) is 0 Å². The van der Waals surface area contributed by atoms with Crippen LogP contribution in [0, 0.1) is 5.92 Å². The molecule has 0 N–H and O–H groups in total. The first-order chi connectivity index (χ1) is 5.94. The van der Waals surface area contributed by atoms with Crippen LogP contribution in [0.25, 0.3) is 0 Å². The normalized spacial score (nSPS) is 14.8. The van der Waals surface area contributed by atoms with Gasteiger partial charge in [-0.15, -0.1) is 0 Å². The first-order valence-corrected chi connectivity index (χ1v) is 6.49. The summed E-state index contributed by atoms with van der Waals surface area (Å²) in [4.78, 5) is 0. The van der Waals surface area contributed by atoms with Crippen molar-refractivity contribution in [3.63, 3.8) is 0 Å². The van der Waals surface area contributed by atoms with Crippen molar-refractivity contribution in [3.05, 3.63) is 0 Å². The van der Waals surface area contributed by atoms with Crippen molar-refractivity contribution in [3.8, 4) is 0 Å². The van der Waals surface area contributed by atoms with Crippen LogP contribution in [0.5, 0.6) is 0 Å². The monoisotopic (exact) mass is 207 g/mol. The van der Waals surface area contributed by atoms with Crippen LogP contribution in [0.1, 0.15) is 33.6 Å². The smallest absolute Gasteiger partial charge is 0.212 e. The summed E-state index contributed by atoms with van der Waals surface area (Å²) >= 11 is 0. The second-order valence-electron chi connectivity index (χ2n) is 3.61. The molecule has 0 spiro atoms. The van der Waals surface area contributed by atoms with Crippen LogP contribution < -0.4 is 0 Å². The van der Waals surface area contributed by atoms with E-state index < -0.39 is 10.0 Å². The van der Waals surface area contributed by atoms with Crippen molar-refractivity contribution in [2.75, 3.05) is 19.3 Å². The van der Waals surface area contributed by atoms with Crippen LogP contribution in [-0.2, 0) is 10.0 Å². The van der Waals surface area contributed by atoms with Gasteiger partial charge in [0.1, 0.15) is 0 Å². The molecule has 0 aliphatic carbocycles. The van der Waals surface area contributed by atoms with E-state index in [-0.39, 0.29) is 5.75 Å². The second-order valence-corrected chi connectivity index (χ2v) is 5.81. The lowest BCUT2D eigenvalue weighted by Crippen LogP contribution is -2.32. The van der Waals surface area contributed by atoms with E-state index in [1.165, 1.54) is 4.31 Å². The van der Waals surface area contributed by atoms with Gasteiger partial charge in [0, 0.05) is 13.6 Å². The van der Waals surface area contributed by atoms with Crippen LogP contribution in [0.15, 0.2) is 0 Å². The number of nitrogens with zero attached hydrogens (tertiary/aromatic N) is 1. The molecule has 0 rings (SSSR count). The third-order valence-electron chi connectivity index (χ3n) is 2.20. The molecule has 1 atom stereocenters. The van der Waals surface area contributed by atoms with Gasteiger partial charge in [-0.25, -0.2) is 12.7 Å². The fourth-order valence-corrected chi connectivity index (χ4v) is 2.40. The summed E-state index contributed by atoms with van der Waals surface area (Å²) in [7, 11) is -1.32. The van der Waals surface area contributed by atoms with Crippen LogP contribution in [0.4, 0.5) is 0 Å². The summed E-state index contributed by atoms with van der Waals surface area (Å²) in [5, 5.41) is 0. The van der Waals surface area contributed by atoms with E-state index in [1.54, 1.807) is 7.05 Å². The van der Waals surface area contributed by atoms with Crippen molar-refractivity contribution in [2.45, 2.75) is 33.6 Å². The molecule has 0 saturated heterocycles. The standard InChI is InChI=1S/C9H21NO2S/c1-5-7-13(11,12)10(4)8-9(3)6-2/h9H,5-8H2,1-4H3. The van der Waals surface area contributed by atoms with E-state index in [0.717, 1.165) is 6.42 Å². The molecule has 0 bridgehead atoms. The Morgan fingerprint density at radius 3 is 2.23 bits per heavy atom. The predicted octanol–water partition coefficient (Wildman–Crippen LogP) is 1.70. The molecule has 0 aromatic carbocycles. The topological polar surface area (TPSA) is 37.4 Å². The summed E-state index contributed by atoms with van der Waals surface area (Å²) < 4.78 is 24.5. The van der Waals surface area contributed by atoms with Crippen molar-refractivity contribution < 1.29 is 8.42 Å². The maximum atomic E-state index is 11.5. The maximum Gasteiger partial charge on any atom is 0.213 e. The average molecular weight is 207 g/mol. The minimum Gasteiger partial charge on any atom is -0.212 e. The van der Waals surface area contributed by atoms with Gasteiger partial charge in [-0.3, -0.25) is 0 Å². The Morgan fingerprint density at radius 1 is 1.31 bits per heavy atom. The minimum atomic E-state index is -2.98. The second kappa shape index (κ2) is 5.60. The molecule has 80 valence electrons. The molecule has 0 amide bonds. The van der Waals surface area contributed by atoms with E-state index in [2.05, 4.69) is 13.8 Å². The first kappa shape index (κ1) is 12.9. The van der Waals surface area contributed by atoms with Crippen LogP contribution >= 0.6 is 0 Å². The van der Waals surface area contributed by atoms with Gasteiger partial charge in [-0.2, -0.15) is 0 Å². The quantitative estimate of drug-likeness (QED) is 0.665. The zero-order valence-corrected chi connectivity index (χ0v) is 9.89. The Hall–Kier alpha value is -0.0900. The lowest BCUT2D eigenvalue weighted by molar-refractivity contribution is 0.393. The average Bonchev–Trinajstić information content (AvgIpc) is 2.04. The Bertz CT molecular complexity index is 224.